The van der Waals surface area contributed by atoms with Gasteiger partial charge < -0.3 is 76.3 Å². The fourth-order valence-electron chi connectivity index (χ4n) is 13.8. The summed E-state index contributed by atoms with van der Waals surface area (Å²) in [6.07, 6.45) is 5.62. The van der Waals surface area contributed by atoms with E-state index in [9.17, 15) is 57.5 Å². The standard InChI is InChI=1S/C18H27N3O2.C18H26N2O2.C17H25N3O2.C17H24N2O3.C17H24N2O2S.C17H24N2O2/c1-18(2,3)17(23)19-13-14-5-7-15(8-6-14)16(22)21-11-9-20(4)10-12-21;1-18(2,3)17(22)19-13-14-7-9-15(10-8-14)16(21)20-11-5-4-6-12-20;1-17(2,3)16(22)19-12-13-4-6-14(7-5-13)15(21)20-10-8-18-9-11-20;2*1-17(2,3)16(21)18-12-13-4-6-14(7-5-13)15(20)19-8-10-22-11-9-19;1-17(2,3)16(21)18-12-13-6-8-14(9-7-13)15(20)19-10-4-5-11-19/h5-8H,9-13H2,1-4H3,(H,19,23);7-10H,4-6,11-13H2,1-3H3,(H,19,22);4-7,18H,8-12H2,1-3H3,(H,19,22);2*4-7H,8-12H2,1-3H3,(H,18,21);6-9H,4-5,10-12H2,1-3H3,(H,18,21). The van der Waals surface area contributed by atoms with Crippen LogP contribution in [0.4, 0.5) is 0 Å². The van der Waals surface area contributed by atoms with Crippen LogP contribution in [-0.2, 0) is 72.8 Å². The molecule has 0 spiro atoms. The van der Waals surface area contributed by atoms with Crippen LogP contribution in [0, 0.1) is 32.5 Å². The van der Waals surface area contributed by atoms with E-state index in [0.29, 0.717) is 82.3 Å². The zero-order chi connectivity index (χ0) is 97.2. The number of morpholine rings is 1. The Morgan fingerprint density at radius 2 is 0.447 bits per heavy atom. The molecule has 0 saturated carbocycles. The Bertz CT molecular complexity index is 4320. The van der Waals surface area contributed by atoms with Gasteiger partial charge in [-0.15, -0.1) is 0 Å². The first kappa shape index (κ1) is 108. The van der Waals surface area contributed by atoms with Crippen molar-refractivity contribution in [2.45, 2.75) is 196 Å². The highest BCUT2D eigenvalue weighted by atomic mass is 32.2. The van der Waals surface area contributed by atoms with Crippen molar-refractivity contribution in [3.63, 3.8) is 0 Å². The van der Waals surface area contributed by atoms with Crippen molar-refractivity contribution in [1.29, 1.82) is 0 Å². The van der Waals surface area contributed by atoms with Crippen LogP contribution in [0.15, 0.2) is 146 Å². The van der Waals surface area contributed by atoms with Gasteiger partial charge in [0.2, 0.25) is 35.4 Å². The molecule has 132 heavy (non-hydrogen) atoms. The summed E-state index contributed by atoms with van der Waals surface area (Å²) in [6, 6.07) is 45.0. The second-order valence-electron chi connectivity index (χ2n) is 40.6. The van der Waals surface area contributed by atoms with E-state index in [-0.39, 0.29) is 87.1 Å². The average Bonchev–Trinajstić information content (AvgIpc) is 1.07. The topological polar surface area (TPSA) is 321 Å². The summed E-state index contributed by atoms with van der Waals surface area (Å²) in [5.41, 5.74) is 7.92. The van der Waals surface area contributed by atoms with Gasteiger partial charge in [-0.2, -0.15) is 11.8 Å². The molecule has 12 rings (SSSR count). The Morgan fingerprint density at radius 1 is 0.258 bits per heavy atom. The van der Waals surface area contributed by atoms with Crippen LogP contribution >= 0.6 is 11.8 Å². The first-order chi connectivity index (χ1) is 62.2. The normalized spacial score (nSPS) is 15.6. The van der Waals surface area contributed by atoms with Gasteiger partial charge in [0.05, 0.1) is 13.2 Å². The van der Waals surface area contributed by atoms with E-state index >= 15 is 0 Å². The summed E-state index contributed by atoms with van der Waals surface area (Å²) in [6.45, 7) is 51.1. The van der Waals surface area contributed by atoms with E-state index in [1.54, 1.807) is 4.90 Å². The van der Waals surface area contributed by atoms with E-state index in [0.717, 1.165) is 179 Å². The molecule has 12 amide bonds. The molecule has 0 bridgehead atoms. The Labute approximate surface area is 789 Å². The molecule has 6 aliphatic heterocycles. The molecule has 7 N–H and O–H groups in total. The summed E-state index contributed by atoms with van der Waals surface area (Å²) in [5.74, 6) is 2.70. The van der Waals surface area contributed by atoms with Crippen molar-refractivity contribution in [3.05, 3.63) is 212 Å². The van der Waals surface area contributed by atoms with Crippen LogP contribution < -0.4 is 37.2 Å². The summed E-state index contributed by atoms with van der Waals surface area (Å²) >= 11 is 1.89. The number of carbonyl (C=O) groups excluding carboxylic acids is 12. The van der Waals surface area contributed by atoms with Crippen LogP contribution in [0.5, 0.6) is 0 Å². The quantitative estimate of drug-likeness (QED) is 0.0420. The lowest BCUT2D eigenvalue weighted by Crippen LogP contribution is -2.47. The number of piperidine rings is 1. The summed E-state index contributed by atoms with van der Waals surface area (Å²) < 4.78 is 5.25. The molecule has 0 radical (unpaired) electrons. The number of amides is 12. The minimum absolute atomic E-state index is 0.0148. The number of ether oxygens (including phenoxy) is 1. The molecule has 27 nitrogen and oxygen atoms in total. The number of hydrogen-bond donors (Lipinski definition) is 7. The molecule has 0 atom stereocenters. The van der Waals surface area contributed by atoms with E-state index < -0.39 is 16.2 Å². The van der Waals surface area contributed by atoms with Crippen LogP contribution in [0.2, 0.25) is 0 Å². The second kappa shape index (κ2) is 51.4. The molecule has 0 aromatic heterocycles. The third kappa shape index (κ3) is 37.0. The van der Waals surface area contributed by atoms with Gasteiger partial charge in [0.15, 0.2) is 0 Å². The number of benzene rings is 6. The van der Waals surface area contributed by atoms with Gasteiger partial charge in [0.1, 0.15) is 0 Å². The predicted molar refractivity (Wildman–Crippen MR) is 523 cm³/mol. The monoisotopic (exact) mass is 1840 g/mol. The van der Waals surface area contributed by atoms with E-state index in [4.69, 9.17) is 4.74 Å². The van der Waals surface area contributed by atoms with Crippen molar-refractivity contribution >= 4 is 82.6 Å². The zero-order valence-electron chi connectivity index (χ0n) is 82.1. The fourth-order valence-corrected chi connectivity index (χ4v) is 14.7. The molecule has 0 unspecified atom stereocenters. The lowest BCUT2D eigenvalue weighted by atomic mass is 9.95. The number of thioether (sulfide) groups is 1. The Balaban J connectivity index is 0.000000216. The number of nitrogens with zero attached hydrogens (tertiary/aromatic N) is 7. The van der Waals surface area contributed by atoms with Gasteiger partial charge in [-0.25, -0.2) is 0 Å². The minimum atomic E-state index is -0.397. The second-order valence-corrected chi connectivity index (χ2v) is 41.8. The Kier molecular flexibility index (Phi) is 42.2. The largest absolute Gasteiger partial charge is 0.378 e. The third-order valence-electron chi connectivity index (χ3n) is 22.8. The van der Waals surface area contributed by atoms with Crippen molar-refractivity contribution in [2.75, 3.05) is 136 Å². The molecule has 6 fully saturated rings. The van der Waals surface area contributed by atoms with Crippen molar-refractivity contribution in [1.82, 2.24) is 71.5 Å². The van der Waals surface area contributed by atoms with Gasteiger partial charge in [0, 0.05) is 221 Å². The Morgan fingerprint density at radius 3 is 0.667 bits per heavy atom. The van der Waals surface area contributed by atoms with Crippen LogP contribution in [0.1, 0.15) is 252 Å². The molecule has 6 saturated heterocycles. The highest BCUT2D eigenvalue weighted by Crippen LogP contribution is 2.24. The number of hydrogen-bond acceptors (Lipinski definition) is 16. The van der Waals surface area contributed by atoms with Crippen molar-refractivity contribution in [2.24, 2.45) is 32.5 Å². The molecular formula is C104H150N14O13S. The van der Waals surface area contributed by atoms with Gasteiger partial charge in [-0.3, -0.25) is 57.5 Å². The maximum atomic E-state index is 12.5. The summed E-state index contributed by atoms with van der Waals surface area (Å²) in [5, 5.41) is 20.7. The van der Waals surface area contributed by atoms with E-state index in [1.165, 1.54) is 6.42 Å². The van der Waals surface area contributed by atoms with Crippen molar-refractivity contribution < 1.29 is 62.3 Å². The van der Waals surface area contributed by atoms with E-state index in [1.807, 2.05) is 306 Å². The third-order valence-corrected chi connectivity index (χ3v) is 23.8. The predicted octanol–water partition coefficient (Wildman–Crippen LogP) is 13.0. The number of rotatable bonds is 18. The lowest BCUT2D eigenvalue weighted by molar-refractivity contribution is -0.129. The number of nitrogens with one attached hydrogen (secondary N) is 7. The molecule has 6 aromatic carbocycles. The highest BCUT2D eigenvalue weighted by molar-refractivity contribution is 7.99. The summed E-state index contributed by atoms with van der Waals surface area (Å²) in [7, 11) is 2.07. The number of likely N-dealkylation sites (tertiary alicyclic amines) is 2. The SMILES string of the molecule is CC(C)(C)C(=O)NCc1ccc(C(=O)N2CCCC2)cc1.CC(C)(C)C(=O)NCc1ccc(C(=O)N2CCCCC2)cc1.CC(C)(C)C(=O)NCc1ccc(C(=O)N2CCNCC2)cc1.CC(C)(C)C(=O)NCc1ccc(C(=O)N2CCOCC2)cc1.CC(C)(C)C(=O)NCc1ccc(C(=O)N2CCSCC2)cc1.CN1CCN(C(=O)c2ccc(CNC(=O)C(C)(C)C)cc2)CC1. The van der Waals surface area contributed by atoms with Crippen LogP contribution in [0.3, 0.4) is 0 Å². The van der Waals surface area contributed by atoms with Crippen LogP contribution in [0.25, 0.3) is 0 Å². The highest BCUT2D eigenvalue weighted by Gasteiger charge is 2.30. The minimum Gasteiger partial charge on any atom is -0.378 e. The average molecular weight is 1840 g/mol. The fraction of sp³-hybridized carbons (Fsp3) is 0.538. The molecule has 0 aliphatic carbocycles. The number of likely N-dealkylation sites (N-methyl/N-ethyl adjacent to an activating group) is 1. The van der Waals surface area contributed by atoms with Crippen molar-refractivity contribution in [3.8, 4) is 0 Å². The van der Waals surface area contributed by atoms with Gasteiger partial charge in [-0.1, -0.05) is 197 Å². The molecule has 28 heteroatoms. The molecule has 720 valence electrons. The summed E-state index contributed by atoms with van der Waals surface area (Å²) in [4.78, 5) is 159. The van der Waals surface area contributed by atoms with Gasteiger partial charge >= 0.3 is 0 Å². The van der Waals surface area contributed by atoms with Crippen LogP contribution in [-0.4, -0.2) is 242 Å². The number of piperazine rings is 2. The molecular weight excluding hydrogens is 1690 g/mol. The smallest absolute Gasteiger partial charge is 0.254 e. The zero-order valence-corrected chi connectivity index (χ0v) is 82.9. The van der Waals surface area contributed by atoms with Gasteiger partial charge in [-0.05, 0) is 145 Å². The Hall–Kier alpha value is -10.8. The maximum absolute atomic E-state index is 12.5. The number of carbonyl (C=O) groups is 12. The first-order valence-corrected chi connectivity index (χ1v) is 47.9. The van der Waals surface area contributed by atoms with E-state index in [2.05, 4.69) is 49.2 Å². The lowest BCUT2D eigenvalue weighted by Gasteiger charge is -2.32. The molecule has 6 aromatic rings. The first-order valence-electron chi connectivity index (χ1n) is 46.7. The molecule has 6 heterocycles. The van der Waals surface area contributed by atoms with Gasteiger partial charge in [0.25, 0.3) is 35.4 Å². The molecule has 6 aliphatic rings. The maximum Gasteiger partial charge on any atom is 0.254 e.